The number of fused-ring (bicyclic) bond motifs is 1. The van der Waals surface area contributed by atoms with Crippen LogP contribution in [0.15, 0.2) is 30.9 Å². The summed E-state index contributed by atoms with van der Waals surface area (Å²) < 4.78 is 1.12. The van der Waals surface area contributed by atoms with Gasteiger partial charge in [-0.25, -0.2) is 4.98 Å². The van der Waals surface area contributed by atoms with Gasteiger partial charge in [0, 0.05) is 25.3 Å². The Hall–Kier alpha value is -2.34. The first kappa shape index (κ1) is 24.3. The third-order valence-electron chi connectivity index (χ3n) is 6.46. The van der Waals surface area contributed by atoms with Crippen LogP contribution >= 0.6 is 11.3 Å². The number of ketones is 2. The number of hydrogen-bond donors (Lipinski definition) is 1. The van der Waals surface area contributed by atoms with Crippen LogP contribution in [0.3, 0.4) is 0 Å². The van der Waals surface area contributed by atoms with Gasteiger partial charge in [0.2, 0.25) is 5.91 Å². The average Bonchev–Trinajstić information content (AvgIpc) is 3.44. The van der Waals surface area contributed by atoms with Gasteiger partial charge in [-0.05, 0) is 62.3 Å². The molecule has 1 saturated carbocycles. The van der Waals surface area contributed by atoms with Gasteiger partial charge in [-0.3, -0.25) is 9.59 Å². The van der Waals surface area contributed by atoms with E-state index in [4.69, 9.17) is 4.98 Å². The highest BCUT2D eigenvalue weighted by Crippen LogP contribution is 2.31. The van der Waals surface area contributed by atoms with Gasteiger partial charge >= 0.3 is 0 Å². The Bertz CT molecular complexity index is 975. The number of allylic oxidation sites excluding steroid dienone is 1. The molecule has 1 N–H and O–H groups in total. The number of carbonyl (C=O) groups excluding carboxylic acids is 3. The number of benzene rings is 1. The van der Waals surface area contributed by atoms with Crippen molar-refractivity contribution in [3.05, 3.63) is 41.4 Å². The minimum atomic E-state index is -0.447. The van der Waals surface area contributed by atoms with Crippen LogP contribution < -0.4 is 5.32 Å². The van der Waals surface area contributed by atoms with E-state index in [1.807, 2.05) is 6.07 Å². The van der Waals surface area contributed by atoms with Crippen LogP contribution in [0.25, 0.3) is 10.2 Å². The maximum atomic E-state index is 13.3. The summed E-state index contributed by atoms with van der Waals surface area (Å²) in [5, 5.41) is 4.10. The first-order valence-corrected chi connectivity index (χ1v) is 12.5. The van der Waals surface area contributed by atoms with Crippen LogP contribution in [0.2, 0.25) is 0 Å². The SMILES string of the molecule is C=CC(=O)CC[C@@H](NC(=O)[C@@H](CC(C)=O)Cc1nc2ccc(CC)cc2s1)C1CCCC1. The van der Waals surface area contributed by atoms with Crippen molar-refractivity contribution in [2.75, 3.05) is 0 Å². The van der Waals surface area contributed by atoms with Gasteiger partial charge in [-0.1, -0.05) is 32.4 Å². The van der Waals surface area contributed by atoms with E-state index >= 15 is 0 Å². The smallest absolute Gasteiger partial charge is 0.224 e. The molecule has 3 rings (SSSR count). The molecule has 0 saturated heterocycles. The molecule has 0 spiro atoms. The molecule has 1 aromatic heterocycles. The summed E-state index contributed by atoms with van der Waals surface area (Å²) in [6, 6.07) is 6.23. The highest BCUT2D eigenvalue weighted by atomic mass is 32.1. The molecule has 2 atom stereocenters. The molecule has 32 heavy (non-hydrogen) atoms. The lowest BCUT2D eigenvalue weighted by Gasteiger charge is -2.26. The predicted octanol–water partition coefficient (Wildman–Crippen LogP) is 5.21. The van der Waals surface area contributed by atoms with Crippen molar-refractivity contribution in [3.8, 4) is 0 Å². The van der Waals surface area contributed by atoms with E-state index in [9.17, 15) is 14.4 Å². The molecule has 5 nitrogen and oxygen atoms in total. The van der Waals surface area contributed by atoms with E-state index in [-0.39, 0.29) is 29.9 Å². The largest absolute Gasteiger partial charge is 0.353 e. The predicted molar refractivity (Wildman–Crippen MR) is 130 cm³/mol. The summed E-state index contributed by atoms with van der Waals surface area (Å²) in [6.07, 6.45) is 8.45. The Balaban J connectivity index is 1.74. The molecule has 0 unspecified atom stereocenters. The van der Waals surface area contributed by atoms with Crippen LogP contribution in [0.1, 0.15) is 69.4 Å². The average molecular weight is 455 g/mol. The topological polar surface area (TPSA) is 76.1 Å². The lowest BCUT2D eigenvalue weighted by molar-refractivity contribution is -0.129. The number of rotatable bonds is 12. The number of nitrogens with zero attached hydrogens (tertiary/aromatic N) is 1. The number of amides is 1. The van der Waals surface area contributed by atoms with E-state index in [1.54, 1.807) is 11.3 Å². The zero-order chi connectivity index (χ0) is 23.1. The standard InChI is InChI=1S/C26H34N2O3S/c1-4-18-10-12-23-24(15-18)32-25(27-23)16-20(14-17(3)29)26(31)28-22(13-11-21(30)5-2)19-8-6-7-9-19/h5,10,12,15,19-20,22H,2,4,6-9,11,13-14,16H2,1,3H3,(H,28,31)/t20-,22+/m0/s1. The molecule has 0 aliphatic heterocycles. The van der Waals surface area contributed by atoms with Crippen LogP contribution in [0, 0.1) is 11.8 Å². The molecule has 1 amide bonds. The van der Waals surface area contributed by atoms with Crippen molar-refractivity contribution in [2.24, 2.45) is 11.8 Å². The van der Waals surface area contributed by atoms with E-state index in [1.165, 1.54) is 18.6 Å². The quantitative estimate of drug-likeness (QED) is 0.447. The third-order valence-corrected chi connectivity index (χ3v) is 7.50. The van der Waals surface area contributed by atoms with E-state index in [0.717, 1.165) is 47.3 Å². The lowest BCUT2D eigenvalue weighted by Crippen LogP contribution is -2.43. The van der Waals surface area contributed by atoms with E-state index < -0.39 is 5.92 Å². The lowest BCUT2D eigenvalue weighted by atomic mass is 9.91. The number of nitrogens with one attached hydrogen (secondary N) is 1. The zero-order valence-corrected chi connectivity index (χ0v) is 20.0. The number of thiazole rings is 1. The Morgan fingerprint density at radius 3 is 2.69 bits per heavy atom. The second kappa shape index (κ2) is 11.5. The van der Waals surface area contributed by atoms with Gasteiger partial charge in [-0.2, -0.15) is 0 Å². The normalized spacial score (nSPS) is 16.1. The van der Waals surface area contributed by atoms with E-state index in [0.29, 0.717) is 25.2 Å². The molecule has 0 bridgehead atoms. The van der Waals surface area contributed by atoms with Crippen molar-refractivity contribution in [1.29, 1.82) is 0 Å². The van der Waals surface area contributed by atoms with Crippen molar-refractivity contribution in [1.82, 2.24) is 10.3 Å². The minimum Gasteiger partial charge on any atom is -0.353 e. The fourth-order valence-electron chi connectivity index (χ4n) is 4.63. The van der Waals surface area contributed by atoms with Gasteiger partial charge < -0.3 is 10.1 Å². The highest BCUT2D eigenvalue weighted by Gasteiger charge is 2.30. The number of aryl methyl sites for hydroxylation is 1. The second-order valence-electron chi connectivity index (χ2n) is 8.94. The molecule has 1 heterocycles. The zero-order valence-electron chi connectivity index (χ0n) is 19.2. The Morgan fingerprint density at radius 1 is 1.28 bits per heavy atom. The van der Waals surface area contributed by atoms with Crippen molar-refractivity contribution < 1.29 is 14.4 Å². The second-order valence-corrected chi connectivity index (χ2v) is 10.1. The molecule has 172 valence electrons. The fraction of sp³-hybridized carbons (Fsp3) is 0.538. The number of Topliss-reactive ketones (excluding diaryl/α,β-unsaturated/α-hetero) is 1. The summed E-state index contributed by atoms with van der Waals surface area (Å²) in [4.78, 5) is 41.7. The van der Waals surface area contributed by atoms with Gasteiger partial charge in [-0.15, -0.1) is 11.3 Å². The molecule has 6 heteroatoms. The first-order valence-electron chi connectivity index (χ1n) is 11.7. The van der Waals surface area contributed by atoms with Gasteiger partial charge in [0.25, 0.3) is 0 Å². The summed E-state index contributed by atoms with van der Waals surface area (Å²) in [6.45, 7) is 7.21. The van der Waals surface area contributed by atoms with Crippen LogP contribution in [0.5, 0.6) is 0 Å². The van der Waals surface area contributed by atoms with Gasteiger partial charge in [0.15, 0.2) is 5.78 Å². The Morgan fingerprint density at radius 2 is 2.03 bits per heavy atom. The molecule has 2 aromatic rings. The van der Waals surface area contributed by atoms with Gasteiger partial charge in [0.1, 0.15) is 5.78 Å². The summed E-state index contributed by atoms with van der Waals surface area (Å²) in [5.74, 6) is -0.152. The molecule has 1 fully saturated rings. The van der Waals surface area contributed by atoms with Crippen molar-refractivity contribution in [2.45, 2.75) is 77.7 Å². The minimum absolute atomic E-state index is 0.00113. The van der Waals surface area contributed by atoms with E-state index in [2.05, 4.69) is 31.0 Å². The van der Waals surface area contributed by atoms with Gasteiger partial charge in [0.05, 0.1) is 21.1 Å². The Kier molecular flexibility index (Phi) is 8.74. The molecule has 0 radical (unpaired) electrons. The third kappa shape index (κ3) is 6.58. The monoisotopic (exact) mass is 454 g/mol. The summed E-state index contributed by atoms with van der Waals surface area (Å²) in [7, 11) is 0. The van der Waals surface area contributed by atoms with Crippen molar-refractivity contribution >= 4 is 39.0 Å². The number of aromatic nitrogens is 1. The van der Waals surface area contributed by atoms with Crippen LogP contribution in [0.4, 0.5) is 0 Å². The van der Waals surface area contributed by atoms with Crippen molar-refractivity contribution in [3.63, 3.8) is 0 Å². The maximum absolute atomic E-state index is 13.3. The molecular formula is C26H34N2O3S. The highest BCUT2D eigenvalue weighted by molar-refractivity contribution is 7.18. The fourth-order valence-corrected chi connectivity index (χ4v) is 5.74. The van der Waals surface area contributed by atoms with Crippen LogP contribution in [-0.2, 0) is 27.2 Å². The summed E-state index contributed by atoms with van der Waals surface area (Å²) in [5.41, 5.74) is 2.20. The number of hydrogen-bond acceptors (Lipinski definition) is 5. The number of carbonyl (C=O) groups is 3. The molecule has 1 aromatic carbocycles. The first-order chi connectivity index (χ1) is 15.4. The molecule has 1 aliphatic carbocycles. The Labute approximate surface area is 194 Å². The van der Waals surface area contributed by atoms with Crippen LogP contribution in [-0.4, -0.2) is 28.5 Å². The summed E-state index contributed by atoms with van der Waals surface area (Å²) >= 11 is 1.60. The molecule has 1 aliphatic rings. The maximum Gasteiger partial charge on any atom is 0.224 e. The molecular weight excluding hydrogens is 420 g/mol.